The molecule has 38 heavy (non-hydrogen) atoms. The number of ether oxygens (including phenoxy) is 5. The topological polar surface area (TPSA) is 80.3 Å². The summed E-state index contributed by atoms with van der Waals surface area (Å²) in [6, 6.07) is 2.20. The van der Waals surface area contributed by atoms with Gasteiger partial charge in [-0.1, -0.05) is 41.0 Å². The van der Waals surface area contributed by atoms with Gasteiger partial charge in [-0.3, -0.25) is 0 Å². The van der Waals surface area contributed by atoms with Gasteiger partial charge in [0.05, 0.1) is 39.1 Å². The summed E-state index contributed by atoms with van der Waals surface area (Å²) in [6.07, 6.45) is 4.52. The fourth-order valence-corrected chi connectivity index (χ4v) is 8.67. The molecule has 0 unspecified atom stereocenters. The van der Waals surface area contributed by atoms with Crippen molar-refractivity contribution in [2.24, 2.45) is 16.7 Å². The summed E-state index contributed by atoms with van der Waals surface area (Å²) in [5.74, 6) is 0.00976. The first-order valence-electron chi connectivity index (χ1n) is 13.7. The van der Waals surface area contributed by atoms with Gasteiger partial charge in [-0.2, -0.15) is 0 Å². The molecule has 0 radical (unpaired) electrons. The Kier molecular flexibility index (Phi) is 6.31. The fourth-order valence-electron chi connectivity index (χ4n) is 8.67. The molecule has 0 N–H and O–H groups in total. The van der Waals surface area contributed by atoms with Crippen LogP contribution in [0.15, 0.2) is 17.2 Å². The van der Waals surface area contributed by atoms with E-state index in [0.717, 1.165) is 49.8 Å². The van der Waals surface area contributed by atoms with Crippen LogP contribution in [0.4, 0.5) is 0 Å². The zero-order valence-corrected chi connectivity index (χ0v) is 24.3. The maximum Gasteiger partial charge on any atom is 0.337 e. The van der Waals surface area contributed by atoms with E-state index in [2.05, 4.69) is 19.9 Å². The first-order chi connectivity index (χ1) is 17.9. The van der Waals surface area contributed by atoms with Crippen molar-refractivity contribution in [1.82, 2.24) is 0 Å². The Balaban J connectivity index is 1.82. The smallest absolute Gasteiger partial charge is 0.337 e. The Morgan fingerprint density at radius 3 is 2.32 bits per heavy atom. The first kappa shape index (κ1) is 27.2. The van der Waals surface area contributed by atoms with Crippen LogP contribution < -0.4 is 4.74 Å². The number of carbonyl (C=O) groups is 2. The van der Waals surface area contributed by atoms with Crippen LogP contribution in [-0.2, 0) is 46.0 Å². The molecule has 1 aromatic rings. The van der Waals surface area contributed by atoms with Gasteiger partial charge in [0.2, 0.25) is 0 Å². The van der Waals surface area contributed by atoms with Crippen LogP contribution in [0.3, 0.4) is 0 Å². The fraction of sp³-hybridized carbons (Fsp3) is 0.677. The molecule has 1 saturated carbocycles. The lowest BCUT2D eigenvalue weighted by molar-refractivity contribution is -0.143. The maximum atomic E-state index is 13.3. The van der Waals surface area contributed by atoms with Crippen molar-refractivity contribution < 1.29 is 33.3 Å². The number of methoxy groups -OCH3 is 4. The molecule has 2 aliphatic carbocycles. The molecule has 2 bridgehead atoms. The van der Waals surface area contributed by atoms with Crippen molar-refractivity contribution >= 4 is 11.9 Å². The Morgan fingerprint density at radius 2 is 1.74 bits per heavy atom. The summed E-state index contributed by atoms with van der Waals surface area (Å²) >= 11 is 0. The minimum Gasteiger partial charge on any atom is -0.496 e. The molecule has 0 aromatic heterocycles. The molecule has 2 heterocycles. The number of benzene rings is 1. The van der Waals surface area contributed by atoms with Crippen molar-refractivity contribution in [1.29, 1.82) is 0 Å². The van der Waals surface area contributed by atoms with E-state index in [-0.39, 0.29) is 22.0 Å². The van der Waals surface area contributed by atoms with Crippen LogP contribution in [0.1, 0.15) is 88.7 Å². The number of hydrogen-bond donors (Lipinski definition) is 0. The van der Waals surface area contributed by atoms with Crippen LogP contribution in [0.2, 0.25) is 0 Å². The molecule has 0 saturated heterocycles. The third-order valence-corrected chi connectivity index (χ3v) is 10.1. The zero-order chi connectivity index (χ0) is 27.8. The summed E-state index contributed by atoms with van der Waals surface area (Å²) < 4.78 is 29.1. The summed E-state index contributed by atoms with van der Waals surface area (Å²) in [5.41, 5.74) is 3.00. The molecule has 5 atom stereocenters. The SMILES string of the molecule is COC[C@@]1(C)CCC[C@]2(C)c3cc(OC)c4c(c3CC[C@@H]12)[C@H]1O[C@]4(C(C)(C)C)C(C(=O)OC)=C1C(=O)OC. The van der Waals surface area contributed by atoms with Crippen LogP contribution in [-0.4, -0.2) is 47.0 Å². The van der Waals surface area contributed by atoms with Gasteiger partial charge in [0.25, 0.3) is 0 Å². The lowest BCUT2D eigenvalue weighted by Crippen LogP contribution is -2.51. The minimum absolute atomic E-state index is 0.0710. The molecule has 0 spiro atoms. The maximum absolute atomic E-state index is 13.3. The van der Waals surface area contributed by atoms with Crippen molar-refractivity contribution in [2.45, 2.75) is 83.8 Å². The number of fused-ring (bicyclic) bond motifs is 9. The number of esters is 2. The Hall–Kier alpha value is -2.38. The van der Waals surface area contributed by atoms with E-state index in [4.69, 9.17) is 23.7 Å². The summed E-state index contributed by atoms with van der Waals surface area (Å²) in [4.78, 5) is 26.6. The predicted octanol–water partition coefficient (Wildman–Crippen LogP) is 5.32. The van der Waals surface area contributed by atoms with Gasteiger partial charge >= 0.3 is 11.9 Å². The van der Waals surface area contributed by atoms with Gasteiger partial charge in [-0.05, 0) is 70.6 Å². The van der Waals surface area contributed by atoms with E-state index in [1.807, 2.05) is 20.8 Å². The predicted molar refractivity (Wildman–Crippen MR) is 142 cm³/mol. The van der Waals surface area contributed by atoms with E-state index in [0.29, 0.717) is 11.7 Å². The van der Waals surface area contributed by atoms with Crippen LogP contribution >= 0.6 is 0 Å². The van der Waals surface area contributed by atoms with Crippen LogP contribution in [0.25, 0.3) is 0 Å². The lowest BCUT2D eigenvalue weighted by Gasteiger charge is -2.56. The van der Waals surface area contributed by atoms with Gasteiger partial charge in [0, 0.05) is 12.7 Å². The second kappa shape index (κ2) is 8.82. The van der Waals surface area contributed by atoms with E-state index in [9.17, 15) is 9.59 Å². The van der Waals surface area contributed by atoms with Gasteiger partial charge in [-0.25, -0.2) is 9.59 Å². The first-order valence-corrected chi connectivity index (χ1v) is 13.7. The van der Waals surface area contributed by atoms with Gasteiger partial charge in [-0.15, -0.1) is 0 Å². The molecule has 208 valence electrons. The highest BCUT2D eigenvalue weighted by molar-refractivity contribution is 6.05. The highest BCUT2D eigenvalue weighted by Gasteiger charge is 2.68. The lowest BCUT2D eigenvalue weighted by atomic mass is 9.49. The highest BCUT2D eigenvalue weighted by Crippen LogP contribution is 2.69. The summed E-state index contributed by atoms with van der Waals surface area (Å²) in [7, 11) is 6.14. The number of hydrogen-bond acceptors (Lipinski definition) is 7. The van der Waals surface area contributed by atoms with Crippen LogP contribution in [0, 0.1) is 16.7 Å². The average Bonchev–Trinajstić information content (AvgIpc) is 3.41. The van der Waals surface area contributed by atoms with Gasteiger partial charge < -0.3 is 23.7 Å². The minimum atomic E-state index is -1.21. The van der Waals surface area contributed by atoms with Crippen molar-refractivity contribution in [3.8, 4) is 5.75 Å². The van der Waals surface area contributed by atoms with E-state index >= 15 is 0 Å². The molecule has 0 amide bonds. The Labute approximate surface area is 226 Å². The number of rotatable bonds is 5. The second-order valence-electron chi connectivity index (χ2n) is 13.0. The quantitative estimate of drug-likeness (QED) is 0.480. The van der Waals surface area contributed by atoms with Gasteiger partial charge in [0.1, 0.15) is 17.5 Å². The summed E-state index contributed by atoms with van der Waals surface area (Å²) in [6.45, 7) is 11.6. The molecule has 1 fully saturated rings. The molecule has 1 aromatic carbocycles. The van der Waals surface area contributed by atoms with Crippen molar-refractivity contribution in [3.05, 3.63) is 39.5 Å². The molecule has 2 aliphatic heterocycles. The monoisotopic (exact) mass is 526 g/mol. The molecule has 5 rings (SSSR count). The molecule has 7 nitrogen and oxygen atoms in total. The third kappa shape index (κ3) is 3.27. The molecule has 7 heteroatoms. The number of carbonyl (C=O) groups excluding carboxylic acids is 2. The van der Waals surface area contributed by atoms with E-state index < -0.39 is 29.1 Å². The van der Waals surface area contributed by atoms with E-state index in [1.165, 1.54) is 25.3 Å². The van der Waals surface area contributed by atoms with Crippen LogP contribution in [0.5, 0.6) is 5.75 Å². The molecule has 4 aliphatic rings. The Bertz CT molecular complexity index is 1220. The van der Waals surface area contributed by atoms with Gasteiger partial charge in [0.15, 0.2) is 0 Å². The molecular formula is C31H42O7. The third-order valence-electron chi connectivity index (χ3n) is 10.1. The van der Waals surface area contributed by atoms with Crippen molar-refractivity contribution in [3.63, 3.8) is 0 Å². The Morgan fingerprint density at radius 1 is 1.05 bits per heavy atom. The molecular weight excluding hydrogens is 484 g/mol. The average molecular weight is 527 g/mol. The standard InChI is InChI=1S/C31H42O7/c1-28(2,3)31-23-19(35-7)15-18-17(11-12-20-29(4,16-34-6)13-10-14-30(18,20)5)21(23)25(38-31)22(26(32)36-8)24(31)27(33)37-9/h15,20,25H,10-14,16H2,1-9H3/t20-,25+,29+,30+,31-/m0/s1. The summed E-state index contributed by atoms with van der Waals surface area (Å²) in [5, 5.41) is 0. The van der Waals surface area contributed by atoms with E-state index in [1.54, 1.807) is 14.2 Å². The highest BCUT2D eigenvalue weighted by atomic mass is 16.6. The van der Waals surface area contributed by atoms with Crippen molar-refractivity contribution in [2.75, 3.05) is 35.0 Å². The second-order valence-corrected chi connectivity index (χ2v) is 13.0. The largest absolute Gasteiger partial charge is 0.496 e. The zero-order valence-electron chi connectivity index (χ0n) is 24.3. The normalized spacial score (nSPS) is 33.4.